The van der Waals surface area contributed by atoms with Crippen LogP contribution in [-0.2, 0) is 42.1 Å². The van der Waals surface area contributed by atoms with E-state index in [0.717, 1.165) is 142 Å². The first-order chi connectivity index (χ1) is 29.5. The normalized spacial score (nSPS) is 12.0. The van der Waals surface area contributed by atoms with Crippen LogP contribution in [0.2, 0.25) is 0 Å². The van der Waals surface area contributed by atoms with E-state index in [9.17, 15) is 9.59 Å². The Bertz CT molecular complexity index is 939. The Balaban J connectivity index is 4.45. The highest BCUT2D eigenvalue weighted by atomic mass is 31.2. The molecule has 0 aliphatic carbocycles. The van der Waals surface area contributed by atoms with E-state index in [2.05, 4.69) is 50.0 Å². The number of nitrogens with zero attached hydrogens (tertiary/aromatic N) is 1. The van der Waals surface area contributed by atoms with Crippen molar-refractivity contribution in [2.45, 2.75) is 214 Å². The number of rotatable bonds is 48. The lowest BCUT2D eigenvalue weighted by Gasteiger charge is -2.23. The van der Waals surface area contributed by atoms with Crippen LogP contribution in [0.1, 0.15) is 208 Å². The lowest BCUT2D eigenvalue weighted by molar-refractivity contribution is -0.159. The van der Waals surface area contributed by atoms with E-state index in [0.29, 0.717) is 65.5 Å². The number of hydrogen-bond donors (Lipinski definition) is 0. The maximum absolute atomic E-state index is 12.6. The predicted octanol–water partition coefficient (Wildman–Crippen LogP) is 13.8. The monoisotopic (exact) mass is 872 g/mol. The number of hydrogen-bond acceptors (Lipinski definition) is 10. The molecule has 0 bridgehead atoms. The average molecular weight is 872 g/mol. The zero-order valence-corrected chi connectivity index (χ0v) is 40.5. The van der Waals surface area contributed by atoms with Gasteiger partial charge in [-0.15, -0.1) is 0 Å². The first-order valence-corrected chi connectivity index (χ1v) is 25.9. The van der Waals surface area contributed by atoms with Crippen LogP contribution in [0, 0.1) is 0 Å². The van der Waals surface area contributed by atoms with Gasteiger partial charge in [-0.3, -0.25) is 9.59 Å². The molecule has 0 saturated heterocycles. The van der Waals surface area contributed by atoms with Gasteiger partial charge < -0.3 is 37.4 Å². The van der Waals surface area contributed by atoms with E-state index < -0.39 is 8.60 Å². The van der Waals surface area contributed by atoms with Crippen molar-refractivity contribution in [2.24, 2.45) is 0 Å². The fourth-order valence-corrected chi connectivity index (χ4v) is 7.46. The summed E-state index contributed by atoms with van der Waals surface area (Å²) in [4.78, 5) is 27.2. The third-order valence-electron chi connectivity index (χ3n) is 10.1. The number of allylic oxidation sites excluding steroid dienone is 4. The summed E-state index contributed by atoms with van der Waals surface area (Å²) in [5.41, 5.74) is 0. The second-order valence-electron chi connectivity index (χ2n) is 15.7. The van der Waals surface area contributed by atoms with Crippen molar-refractivity contribution in [3.05, 3.63) is 24.3 Å². The Morgan fingerprint density at radius 3 is 1.45 bits per heavy atom. The predicted molar refractivity (Wildman–Crippen MR) is 250 cm³/mol. The van der Waals surface area contributed by atoms with E-state index >= 15 is 0 Å². The van der Waals surface area contributed by atoms with Gasteiger partial charge in [-0.1, -0.05) is 116 Å². The summed E-state index contributed by atoms with van der Waals surface area (Å²) in [6.45, 7) is 17.3. The standard InChI is InChI=1S/C49H94NO9P/c1-6-11-14-17-20-27-32-42-53-47(51)36-29-22-21-23-30-39-50(41-46-59-60(57-9-4)58-10-5)40-31-24-28-33-43-54-48(52)37-38-49(55-44-34-25-18-15-12-7-2)56-45-35-26-19-16-13-8-3/h12-13,15-16,49H,6-11,14,17-46H2,1-5H3/b15-12-,16-13-. The molecule has 0 rings (SSSR count). The van der Waals surface area contributed by atoms with Crippen molar-refractivity contribution >= 4 is 20.5 Å². The molecule has 0 spiro atoms. The minimum absolute atomic E-state index is 0.0432. The second-order valence-corrected chi connectivity index (χ2v) is 16.9. The van der Waals surface area contributed by atoms with Crippen LogP contribution in [0.4, 0.5) is 0 Å². The van der Waals surface area contributed by atoms with Crippen molar-refractivity contribution in [3.63, 3.8) is 0 Å². The number of carbonyl (C=O) groups excluding carboxylic acids is 2. The highest BCUT2D eigenvalue weighted by Gasteiger charge is 2.15. The molecule has 0 aliphatic rings. The van der Waals surface area contributed by atoms with E-state index in [1.807, 2.05) is 13.8 Å². The van der Waals surface area contributed by atoms with Gasteiger partial charge in [-0.25, -0.2) is 0 Å². The number of ether oxygens (including phenoxy) is 4. The summed E-state index contributed by atoms with van der Waals surface area (Å²) >= 11 is 0. The first kappa shape index (κ1) is 58.6. The quantitative estimate of drug-likeness (QED) is 0.0193. The molecule has 0 aromatic carbocycles. The summed E-state index contributed by atoms with van der Waals surface area (Å²) in [5.74, 6) is -0.219. The van der Waals surface area contributed by atoms with Gasteiger partial charge in [0.2, 0.25) is 0 Å². The molecule has 0 heterocycles. The minimum atomic E-state index is -1.30. The van der Waals surface area contributed by atoms with Gasteiger partial charge in [0.05, 0.1) is 39.5 Å². The van der Waals surface area contributed by atoms with Gasteiger partial charge in [0.1, 0.15) is 0 Å². The lowest BCUT2D eigenvalue weighted by Crippen LogP contribution is -2.29. The number of carbonyl (C=O) groups is 2. The minimum Gasteiger partial charge on any atom is -0.466 e. The Morgan fingerprint density at radius 1 is 0.467 bits per heavy atom. The van der Waals surface area contributed by atoms with Crippen molar-refractivity contribution in [3.8, 4) is 0 Å². The van der Waals surface area contributed by atoms with Crippen LogP contribution >= 0.6 is 8.60 Å². The average Bonchev–Trinajstić information content (AvgIpc) is 3.24. The van der Waals surface area contributed by atoms with Gasteiger partial charge in [0, 0.05) is 32.6 Å². The van der Waals surface area contributed by atoms with Gasteiger partial charge in [-0.2, -0.15) is 0 Å². The van der Waals surface area contributed by atoms with Crippen molar-refractivity contribution in [2.75, 3.05) is 65.9 Å². The third kappa shape index (κ3) is 43.3. The Kier molecular flexibility index (Phi) is 47.5. The maximum Gasteiger partial charge on any atom is 0.332 e. The fraction of sp³-hybridized carbons (Fsp3) is 0.878. The van der Waals surface area contributed by atoms with Crippen molar-refractivity contribution in [1.29, 1.82) is 0 Å². The summed E-state index contributed by atoms with van der Waals surface area (Å²) in [5, 5.41) is 0. The molecule has 0 aliphatic heterocycles. The lowest BCUT2D eigenvalue weighted by atomic mass is 10.1. The van der Waals surface area contributed by atoms with Crippen LogP contribution < -0.4 is 0 Å². The molecule has 0 radical (unpaired) electrons. The molecule has 354 valence electrons. The van der Waals surface area contributed by atoms with Crippen LogP contribution in [0.25, 0.3) is 0 Å². The Labute approximate surface area is 371 Å². The van der Waals surface area contributed by atoms with Crippen molar-refractivity contribution < 1.29 is 42.1 Å². The molecule has 0 amide bonds. The smallest absolute Gasteiger partial charge is 0.332 e. The number of esters is 2. The third-order valence-corrected chi connectivity index (χ3v) is 11.4. The summed E-state index contributed by atoms with van der Waals surface area (Å²) in [6, 6.07) is 0. The molecule has 0 fully saturated rings. The van der Waals surface area contributed by atoms with Crippen LogP contribution in [0.3, 0.4) is 0 Å². The maximum atomic E-state index is 12.6. The summed E-state index contributed by atoms with van der Waals surface area (Å²) in [7, 11) is -1.30. The molecule has 0 N–H and O–H groups in total. The molecular formula is C49H94NO9P. The molecule has 60 heavy (non-hydrogen) atoms. The van der Waals surface area contributed by atoms with Gasteiger partial charge >= 0.3 is 20.5 Å². The zero-order chi connectivity index (χ0) is 43.8. The second kappa shape index (κ2) is 48.6. The van der Waals surface area contributed by atoms with Crippen LogP contribution in [-0.4, -0.2) is 89.0 Å². The molecule has 0 aromatic rings. The summed E-state index contributed by atoms with van der Waals surface area (Å²) in [6.07, 6.45) is 36.3. The molecule has 0 aromatic heterocycles. The van der Waals surface area contributed by atoms with Crippen LogP contribution in [0.5, 0.6) is 0 Å². The molecule has 0 unspecified atom stereocenters. The van der Waals surface area contributed by atoms with Gasteiger partial charge in [0.15, 0.2) is 6.29 Å². The SMILES string of the molecule is CC/C=C\CCCCOC(CCC(=O)OCCCCCCN(CCCCCCCC(=O)OCCCCCCCCC)CCOP(OCC)OCC)OCCCC/C=C\CC. The highest BCUT2D eigenvalue weighted by Crippen LogP contribution is 2.39. The fourth-order valence-electron chi connectivity index (χ4n) is 6.58. The Morgan fingerprint density at radius 2 is 0.933 bits per heavy atom. The largest absolute Gasteiger partial charge is 0.466 e. The van der Waals surface area contributed by atoms with E-state index in [4.69, 9.17) is 32.5 Å². The molecule has 0 atom stereocenters. The van der Waals surface area contributed by atoms with Gasteiger partial charge in [0.25, 0.3) is 0 Å². The van der Waals surface area contributed by atoms with Crippen molar-refractivity contribution in [1.82, 2.24) is 4.90 Å². The molecule has 10 nitrogen and oxygen atoms in total. The zero-order valence-electron chi connectivity index (χ0n) is 39.6. The van der Waals surface area contributed by atoms with E-state index in [1.54, 1.807) is 0 Å². The number of unbranched alkanes of at least 4 members (excludes halogenated alkanes) is 17. The molecule has 0 saturated carbocycles. The van der Waals surface area contributed by atoms with E-state index in [1.165, 1.54) is 32.1 Å². The topological polar surface area (TPSA) is 102 Å². The van der Waals surface area contributed by atoms with Gasteiger partial charge in [-0.05, 0) is 110 Å². The molecule has 11 heteroatoms. The van der Waals surface area contributed by atoms with E-state index in [-0.39, 0.29) is 18.2 Å². The Hall–Kier alpha value is -1.39. The molecular weight excluding hydrogens is 778 g/mol. The highest BCUT2D eigenvalue weighted by molar-refractivity contribution is 7.41. The first-order valence-electron chi connectivity index (χ1n) is 24.8. The summed E-state index contributed by atoms with van der Waals surface area (Å²) < 4.78 is 40.4. The van der Waals surface area contributed by atoms with Crippen LogP contribution in [0.15, 0.2) is 24.3 Å².